The van der Waals surface area contributed by atoms with Gasteiger partial charge in [0.25, 0.3) is 0 Å². The number of rotatable bonds is 1. The molecule has 0 aliphatic carbocycles. The van der Waals surface area contributed by atoms with Crippen LogP contribution in [0.3, 0.4) is 0 Å². The standard InChI is InChI=1S/C13H13Cl2N3O/c14-9-4-11-12(5-10(9)15)17-13(6-16-11)18-3-1-2-8(19)7-18/h4-6,8,19H,1-3,7H2. The maximum absolute atomic E-state index is 9.71. The molecule has 1 aliphatic rings. The number of hydrogen-bond acceptors (Lipinski definition) is 4. The van der Waals surface area contributed by atoms with Crippen LogP contribution < -0.4 is 4.90 Å². The molecule has 4 nitrogen and oxygen atoms in total. The van der Waals surface area contributed by atoms with E-state index in [2.05, 4.69) is 9.97 Å². The molecular weight excluding hydrogens is 285 g/mol. The fourth-order valence-corrected chi connectivity index (χ4v) is 2.63. The number of β-amino-alcohol motifs (C(OH)–C–C–N with tert-alkyl or cyclic N) is 1. The van der Waals surface area contributed by atoms with Crippen LogP contribution in [0.2, 0.25) is 10.0 Å². The van der Waals surface area contributed by atoms with Gasteiger partial charge in [-0.3, -0.25) is 4.98 Å². The number of fused-ring (bicyclic) bond motifs is 1. The van der Waals surface area contributed by atoms with Crippen molar-refractivity contribution in [3.05, 3.63) is 28.4 Å². The van der Waals surface area contributed by atoms with Crippen LogP contribution in [0.15, 0.2) is 18.3 Å². The normalized spacial score (nSPS) is 19.9. The van der Waals surface area contributed by atoms with E-state index in [-0.39, 0.29) is 6.10 Å². The first-order valence-corrected chi connectivity index (χ1v) is 6.94. The Morgan fingerprint density at radius 3 is 2.68 bits per heavy atom. The van der Waals surface area contributed by atoms with E-state index in [0.717, 1.165) is 30.7 Å². The highest BCUT2D eigenvalue weighted by Gasteiger charge is 2.19. The minimum atomic E-state index is -0.292. The van der Waals surface area contributed by atoms with Crippen molar-refractivity contribution in [2.75, 3.05) is 18.0 Å². The number of aliphatic hydroxyl groups is 1. The number of nitrogens with zero attached hydrogens (tertiary/aromatic N) is 3. The summed E-state index contributed by atoms with van der Waals surface area (Å²) in [6.45, 7) is 1.49. The zero-order chi connectivity index (χ0) is 13.4. The molecule has 100 valence electrons. The Hall–Kier alpha value is -1.10. The van der Waals surface area contributed by atoms with Gasteiger partial charge in [0, 0.05) is 13.1 Å². The molecule has 2 aromatic rings. The molecule has 1 aliphatic heterocycles. The SMILES string of the molecule is OC1CCCN(c2cnc3cc(Cl)c(Cl)cc3n2)C1. The van der Waals surface area contributed by atoms with Gasteiger partial charge in [0.15, 0.2) is 0 Å². The van der Waals surface area contributed by atoms with Crippen LogP contribution >= 0.6 is 23.2 Å². The first-order valence-electron chi connectivity index (χ1n) is 6.18. The summed E-state index contributed by atoms with van der Waals surface area (Å²) in [5.74, 6) is 0.768. The maximum atomic E-state index is 9.71. The fourth-order valence-electron chi connectivity index (χ4n) is 2.31. The van der Waals surface area contributed by atoms with Crippen LogP contribution in [0.5, 0.6) is 0 Å². The van der Waals surface area contributed by atoms with Crippen LogP contribution in [-0.4, -0.2) is 34.3 Å². The number of aromatic nitrogens is 2. The second-order valence-corrected chi connectivity index (χ2v) is 5.54. The van der Waals surface area contributed by atoms with Gasteiger partial charge in [0.2, 0.25) is 0 Å². The Kier molecular flexibility index (Phi) is 3.48. The molecule has 1 aromatic heterocycles. The summed E-state index contributed by atoms with van der Waals surface area (Å²) in [5, 5.41) is 10.7. The van der Waals surface area contributed by atoms with E-state index in [1.807, 2.05) is 4.90 Å². The molecular formula is C13H13Cl2N3O. The van der Waals surface area contributed by atoms with Gasteiger partial charge in [0.05, 0.1) is 33.4 Å². The fraction of sp³-hybridized carbons (Fsp3) is 0.385. The first-order chi connectivity index (χ1) is 9.13. The zero-order valence-electron chi connectivity index (χ0n) is 10.2. The van der Waals surface area contributed by atoms with E-state index in [0.29, 0.717) is 22.1 Å². The van der Waals surface area contributed by atoms with Gasteiger partial charge >= 0.3 is 0 Å². The minimum absolute atomic E-state index is 0.292. The summed E-state index contributed by atoms with van der Waals surface area (Å²) >= 11 is 11.9. The number of piperidine rings is 1. The lowest BCUT2D eigenvalue weighted by molar-refractivity contribution is 0.154. The van der Waals surface area contributed by atoms with Gasteiger partial charge in [-0.1, -0.05) is 23.2 Å². The molecule has 1 unspecified atom stereocenters. The molecule has 19 heavy (non-hydrogen) atoms. The molecule has 2 heterocycles. The van der Waals surface area contributed by atoms with Gasteiger partial charge < -0.3 is 10.0 Å². The third-order valence-electron chi connectivity index (χ3n) is 3.29. The lowest BCUT2D eigenvalue weighted by Gasteiger charge is -2.30. The lowest BCUT2D eigenvalue weighted by atomic mass is 10.1. The quantitative estimate of drug-likeness (QED) is 0.879. The van der Waals surface area contributed by atoms with Crippen LogP contribution in [-0.2, 0) is 0 Å². The van der Waals surface area contributed by atoms with Gasteiger partial charge in [-0.15, -0.1) is 0 Å². The monoisotopic (exact) mass is 297 g/mol. The Balaban J connectivity index is 1.99. The summed E-state index contributed by atoms with van der Waals surface area (Å²) in [4.78, 5) is 10.9. The number of aliphatic hydroxyl groups excluding tert-OH is 1. The van der Waals surface area contributed by atoms with E-state index >= 15 is 0 Å². The van der Waals surface area contributed by atoms with Crippen molar-refractivity contribution in [2.24, 2.45) is 0 Å². The summed E-state index contributed by atoms with van der Waals surface area (Å²) < 4.78 is 0. The highest BCUT2D eigenvalue weighted by atomic mass is 35.5. The number of hydrogen-bond donors (Lipinski definition) is 1. The Morgan fingerprint density at radius 1 is 1.21 bits per heavy atom. The van der Waals surface area contributed by atoms with E-state index in [1.165, 1.54) is 0 Å². The van der Waals surface area contributed by atoms with Crippen molar-refractivity contribution in [3.63, 3.8) is 0 Å². The van der Waals surface area contributed by atoms with Crippen molar-refractivity contribution in [1.29, 1.82) is 0 Å². The third kappa shape index (κ3) is 2.61. The van der Waals surface area contributed by atoms with Crippen LogP contribution in [0.1, 0.15) is 12.8 Å². The largest absolute Gasteiger partial charge is 0.391 e. The Morgan fingerprint density at radius 2 is 1.95 bits per heavy atom. The van der Waals surface area contributed by atoms with Gasteiger partial charge in [-0.2, -0.15) is 0 Å². The molecule has 0 radical (unpaired) electrons. The molecule has 0 amide bonds. The smallest absolute Gasteiger partial charge is 0.147 e. The maximum Gasteiger partial charge on any atom is 0.147 e. The molecule has 0 spiro atoms. The summed E-state index contributed by atoms with van der Waals surface area (Å²) in [7, 11) is 0. The van der Waals surface area contributed by atoms with Gasteiger partial charge in [-0.05, 0) is 25.0 Å². The van der Waals surface area contributed by atoms with Crippen molar-refractivity contribution < 1.29 is 5.11 Å². The number of anilines is 1. The lowest BCUT2D eigenvalue weighted by Crippen LogP contribution is -2.38. The van der Waals surface area contributed by atoms with Gasteiger partial charge in [-0.25, -0.2) is 4.98 Å². The molecule has 1 fully saturated rings. The third-order valence-corrected chi connectivity index (χ3v) is 4.01. The van der Waals surface area contributed by atoms with E-state index in [9.17, 15) is 5.11 Å². The van der Waals surface area contributed by atoms with E-state index in [4.69, 9.17) is 23.2 Å². The number of benzene rings is 1. The molecule has 1 atom stereocenters. The molecule has 6 heteroatoms. The van der Waals surface area contributed by atoms with Crippen molar-refractivity contribution in [3.8, 4) is 0 Å². The number of halogens is 2. The van der Waals surface area contributed by atoms with Crippen molar-refractivity contribution in [2.45, 2.75) is 18.9 Å². The molecule has 1 aromatic carbocycles. The highest BCUT2D eigenvalue weighted by molar-refractivity contribution is 6.42. The highest BCUT2D eigenvalue weighted by Crippen LogP contribution is 2.27. The Labute approximate surface area is 121 Å². The second kappa shape index (κ2) is 5.12. The van der Waals surface area contributed by atoms with Gasteiger partial charge in [0.1, 0.15) is 5.82 Å². The first kappa shape index (κ1) is 12.9. The molecule has 1 saturated heterocycles. The van der Waals surface area contributed by atoms with Crippen LogP contribution in [0.4, 0.5) is 5.82 Å². The summed E-state index contributed by atoms with van der Waals surface area (Å²) in [6.07, 6.45) is 3.23. The van der Waals surface area contributed by atoms with Crippen molar-refractivity contribution in [1.82, 2.24) is 9.97 Å². The predicted molar refractivity (Wildman–Crippen MR) is 77.0 cm³/mol. The van der Waals surface area contributed by atoms with E-state index < -0.39 is 0 Å². The molecule has 3 rings (SSSR count). The predicted octanol–water partition coefficient (Wildman–Crippen LogP) is 2.90. The average molecular weight is 298 g/mol. The summed E-state index contributed by atoms with van der Waals surface area (Å²) in [5.41, 5.74) is 1.43. The average Bonchev–Trinajstić information content (AvgIpc) is 2.39. The molecule has 1 N–H and O–H groups in total. The molecule has 0 bridgehead atoms. The Bertz CT molecular complexity index is 620. The minimum Gasteiger partial charge on any atom is -0.391 e. The second-order valence-electron chi connectivity index (χ2n) is 4.73. The van der Waals surface area contributed by atoms with Crippen LogP contribution in [0.25, 0.3) is 11.0 Å². The van der Waals surface area contributed by atoms with Crippen LogP contribution in [0, 0.1) is 0 Å². The summed E-state index contributed by atoms with van der Waals surface area (Å²) in [6, 6.07) is 3.43. The topological polar surface area (TPSA) is 49.2 Å². The zero-order valence-corrected chi connectivity index (χ0v) is 11.7. The molecule has 0 saturated carbocycles. The van der Waals surface area contributed by atoms with E-state index in [1.54, 1.807) is 18.3 Å². The van der Waals surface area contributed by atoms with Crippen molar-refractivity contribution >= 4 is 40.1 Å².